The number of rotatable bonds is 6. The fourth-order valence-corrected chi connectivity index (χ4v) is 2.46. The van der Waals surface area contributed by atoms with Gasteiger partial charge in [0, 0.05) is 18.3 Å². The number of halogens is 1. The molecule has 5 nitrogen and oxygen atoms in total. The molecule has 0 aliphatic carbocycles. The largest absolute Gasteiger partial charge is 0.476 e. The quantitative estimate of drug-likeness (QED) is 0.854. The minimum Gasteiger partial charge on any atom is -0.476 e. The number of carbonyl (C=O) groups excluding carboxylic acids is 1. The summed E-state index contributed by atoms with van der Waals surface area (Å²) in [6.45, 7) is 0.382. The number of aromatic carboxylic acids is 1. The summed E-state index contributed by atoms with van der Waals surface area (Å²) in [7, 11) is 0. The molecule has 0 aliphatic rings. The Balaban J connectivity index is 1.76. The lowest BCUT2D eigenvalue weighted by Gasteiger charge is -2.04. The van der Waals surface area contributed by atoms with Crippen molar-refractivity contribution in [2.24, 2.45) is 0 Å². The second-order valence-electron chi connectivity index (χ2n) is 4.33. The highest BCUT2D eigenvalue weighted by Crippen LogP contribution is 2.10. The predicted octanol–water partition coefficient (Wildman–Crippen LogP) is 1.88. The number of hydrogen-bond acceptors (Lipinski definition) is 4. The summed E-state index contributed by atoms with van der Waals surface area (Å²) in [5.41, 5.74) is 0.754. The molecule has 0 bridgehead atoms. The second-order valence-corrected chi connectivity index (χ2v) is 5.28. The third-order valence-corrected chi connectivity index (χ3v) is 3.62. The summed E-state index contributed by atoms with van der Waals surface area (Å²) in [4.78, 5) is 26.3. The molecule has 7 heteroatoms. The van der Waals surface area contributed by atoms with Crippen molar-refractivity contribution in [1.29, 1.82) is 0 Å². The Morgan fingerprint density at radius 2 is 2.00 bits per heavy atom. The van der Waals surface area contributed by atoms with Gasteiger partial charge in [-0.1, -0.05) is 12.1 Å². The zero-order valence-corrected chi connectivity index (χ0v) is 11.8. The Morgan fingerprint density at radius 3 is 2.62 bits per heavy atom. The van der Waals surface area contributed by atoms with E-state index < -0.39 is 5.97 Å². The Morgan fingerprint density at radius 1 is 1.29 bits per heavy atom. The van der Waals surface area contributed by atoms with Crippen molar-refractivity contribution in [2.75, 3.05) is 6.54 Å². The van der Waals surface area contributed by atoms with Crippen molar-refractivity contribution in [3.05, 3.63) is 51.7 Å². The van der Waals surface area contributed by atoms with Gasteiger partial charge in [-0.15, -0.1) is 11.3 Å². The van der Waals surface area contributed by atoms with E-state index in [0.29, 0.717) is 18.0 Å². The lowest BCUT2D eigenvalue weighted by atomic mass is 10.1. The molecule has 2 aromatic rings. The number of carbonyl (C=O) groups is 2. The SMILES string of the molecule is O=C(Cc1ccc(F)cc1)NCCc1nc(C(=O)O)cs1. The molecule has 2 N–H and O–H groups in total. The first kappa shape index (κ1) is 15.1. The molecule has 0 fully saturated rings. The fourth-order valence-electron chi connectivity index (χ4n) is 1.68. The van der Waals surface area contributed by atoms with Gasteiger partial charge in [0.05, 0.1) is 11.4 Å². The number of nitrogens with zero attached hydrogens (tertiary/aromatic N) is 1. The molecule has 1 aromatic carbocycles. The number of aromatic nitrogens is 1. The molecule has 0 spiro atoms. The van der Waals surface area contributed by atoms with Crippen LogP contribution in [0.5, 0.6) is 0 Å². The zero-order chi connectivity index (χ0) is 15.2. The highest BCUT2D eigenvalue weighted by Gasteiger charge is 2.09. The van der Waals surface area contributed by atoms with Gasteiger partial charge in [0.2, 0.25) is 5.91 Å². The third-order valence-electron chi connectivity index (χ3n) is 2.71. The van der Waals surface area contributed by atoms with E-state index in [0.717, 1.165) is 5.56 Å². The molecule has 1 aromatic heterocycles. The third kappa shape index (κ3) is 4.64. The van der Waals surface area contributed by atoms with Gasteiger partial charge in [0.15, 0.2) is 5.69 Å². The van der Waals surface area contributed by atoms with Crippen LogP contribution in [0.25, 0.3) is 0 Å². The van der Waals surface area contributed by atoms with E-state index in [1.54, 1.807) is 12.1 Å². The van der Waals surface area contributed by atoms with Crippen LogP contribution in [-0.2, 0) is 17.6 Å². The monoisotopic (exact) mass is 308 g/mol. The van der Waals surface area contributed by atoms with Crippen LogP contribution in [0.15, 0.2) is 29.6 Å². The van der Waals surface area contributed by atoms with Gasteiger partial charge in [-0.2, -0.15) is 0 Å². The number of benzene rings is 1. The molecular weight excluding hydrogens is 295 g/mol. The van der Waals surface area contributed by atoms with E-state index in [1.807, 2.05) is 0 Å². The van der Waals surface area contributed by atoms with Crippen LogP contribution in [-0.4, -0.2) is 28.5 Å². The maximum atomic E-state index is 12.7. The van der Waals surface area contributed by atoms with Crippen molar-refractivity contribution < 1.29 is 19.1 Å². The van der Waals surface area contributed by atoms with E-state index in [2.05, 4.69) is 10.3 Å². The maximum Gasteiger partial charge on any atom is 0.355 e. The molecule has 0 radical (unpaired) electrons. The molecule has 1 amide bonds. The van der Waals surface area contributed by atoms with E-state index in [-0.39, 0.29) is 23.8 Å². The van der Waals surface area contributed by atoms with Gasteiger partial charge < -0.3 is 10.4 Å². The Kier molecular flexibility index (Phi) is 4.99. The Labute approximate surface area is 124 Å². The van der Waals surface area contributed by atoms with Gasteiger partial charge >= 0.3 is 5.97 Å². The number of amides is 1. The van der Waals surface area contributed by atoms with Gasteiger partial charge in [0.25, 0.3) is 0 Å². The second kappa shape index (κ2) is 6.94. The van der Waals surface area contributed by atoms with Crippen molar-refractivity contribution in [1.82, 2.24) is 10.3 Å². The number of thiazole rings is 1. The molecule has 2 rings (SSSR count). The molecule has 0 atom stereocenters. The lowest BCUT2D eigenvalue weighted by Crippen LogP contribution is -2.27. The molecule has 1 heterocycles. The summed E-state index contributed by atoms with van der Waals surface area (Å²) in [6, 6.07) is 5.75. The summed E-state index contributed by atoms with van der Waals surface area (Å²) in [6.07, 6.45) is 0.658. The standard InChI is InChI=1S/C14H13FN2O3S/c15-10-3-1-9(2-4-10)7-12(18)16-6-5-13-17-11(8-21-13)14(19)20/h1-4,8H,5-7H2,(H,16,18)(H,19,20). The molecule has 21 heavy (non-hydrogen) atoms. The van der Waals surface area contributed by atoms with Crippen LogP contribution in [0, 0.1) is 5.82 Å². The van der Waals surface area contributed by atoms with Crippen molar-refractivity contribution >= 4 is 23.2 Å². The lowest BCUT2D eigenvalue weighted by molar-refractivity contribution is -0.120. The smallest absolute Gasteiger partial charge is 0.355 e. The van der Waals surface area contributed by atoms with Gasteiger partial charge in [-0.3, -0.25) is 4.79 Å². The highest BCUT2D eigenvalue weighted by molar-refractivity contribution is 7.09. The van der Waals surface area contributed by atoms with Crippen molar-refractivity contribution in [3.63, 3.8) is 0 Å². The van der Waals surface area contributed by atoms with Gasteiger partial charge in [-0.05, 0) is 17.7 Å². The van der Waals surface area contributed by atoms with E-state index >= 15 is 0 Å². The molecule has 0 aliphatic heterocycles. The zero-order valence-electron chi connectivity index (χ0n) is 11.0. The van der Waals surface area contributed by atoms with Gasteiger partial charge in [-0.25, -0.2) is 14.2 Å². The Bertz CT molecular complexity index is 640. The highest BCUT2D eigenvalue weighted by atomic mass is 32.1. The van der Waals surface area contributed by atoms with Crippen LogP contribution >= 0.6 is 11.3 Å². The van der Waals surface area contributed by atoms with Crippen LogP contribution in [0.2, 0.25) is 0 Å². The minimum atomic E-state index is -1.06. The molecule has 0 saturated carbocycles. The molecule has 0 saturated heterocycles. The average molecular weight is 308 g/mol. The first-order valence-electron chi connectivity index (χ1n) is 6.23. The summed E-state index contributed by atoms with van der Waals surface area (Å²) >= 11 is 1.25. The van der Waals surface area contributed by atoms with E-state index in [9.17, 15) is 14.0 Å². The van der Waals surface area contributed by atoms with Crippen LogP contribution in [0.1, 0.15) is 21.1 Å². The van der Waals surface area contributed by atoms with Crippen molar-refractivity contribution in [2.45, 2.75) is 12.8 Å². The number of carboxylic acids is 1. The van der Waals surface area contributed by atoms with E-state index in [1.165, 1.54) is 28.8 Å². The van der Waals surface area contributed by atoms with Gasteiger partial charge in [0.1, 0.15) is 5.82 Å². The van der Waals surface area contributed by atoms with E-state index in [4.69, 9.17) is 5.11 Å². The topological polar surface area (TPSA) is 79.3 Å². The number of carboxylic acid groups (broad SMARTS) is 1. The fraction of sp³-hybridized carbons (Fsp3) is 0.214. The normalized spacial score (nSPS) is 10.3. The molecular formula is C14H13FN2O3S. The van der Waals surface area contributed by atoms with Crippen molar-refractivity contribution in [3.8, 4) is 0 Å². The summed E-state index contributed by atoms with van der Waals surface area (Å²) in [5.74, 6) is -1.56. The Hall–Kier alpha value is -2.28. The average Bonchev–Trinajstić information content (AvgIpc) is 2.90. The molecule has 0 unspecified atom stereocenters. The van der Waals surface area contributed by atoms with Crippen LogP contribution in [0.3, 0.4) is 0 Å². The number of nitrogens with one attached hydrogen (secondary N) is 1. The number of hydrogen-bond donors (Lipinski definition) is 2. The minimum absolute atomic E-state index is 0.0210. The van der Waals surface area contributed by atoms with Crippen LogP contribution in [0.4, 0.5) is 4.39 Å². The predicted molar refractivity (Wildman–Crippen MR) is 75.9 cm³/mol. The first-order chi connectivity index (χ1) is 10.0. The first-order valence-corrected chi connectivity index (χ1v) is 7.11. The summed E-state index contributed by atoms with van der Waals surface area (Å²) in [5, 5.41) is 13.6. The maximum absolute atomic E-state index is 12.7. The van der Waals surface area contributed by atoms with Crippen LogP contribution < -0.4 is 5.32 Å². The molecule has 110 valence electrons. The summed E-state index contributed by atoms with van der Waals surface area (Å²) < 4.78 is 12.7.